The van der Waals surface area contributed by atoms with Crippen molar-refractivity contribution in [2.75, 3.05) is 19.6 Å². The summed E-state index contributed by atoms with van der Waals surface area (Å²) >= 11 is 0. The van der Waals surface area contributed by atoms with Gasteiger partial charge in [-0.15, -0.1) is 0 Å². The molecular weight excluding hydrogens is 220 g/mol. The number of rotatable bonds is 5. The lowest BCUT2D eigenvalue weighted by molar-refractivity contribution is 0.125. The van der Waals surface area contributed by atoms with Crippen molar-refractivity contribution in [1.29, 1.82) is 0 Å². The van der Waals surface area contributed by atoms with Crippen LogP contribution in [0.1, 0.15) is 44.7 Å². The average Bonchev–Trinajstić information content (AvgIpc) is 2.45. The van der Waals surface area contributed by atoms with Crippen LogP contribution < -0.4 is 5.32 Å². The second kappa shape index (κ2) is 6.91. The summed E-state index contributed by atoms with van der Waals surface area (Å²) in [6.45, 7) is 8.11. The monoisotopic (exact) mass is 246 g/mol. The Kier molecular flexibility index (Phi) is 5.21. The third-order valence-corrected chi connectivity index (χ3v) is 4.01. The molecule has 1 heterocycles. The molecule has 2 atom stereocenters. The number of hydrogen-bond donors (Lipinski definition) is 1. The molecule has 0 aromatic heterocycles. The molecule has 2 rings (SSSR count). The van der Waals surface area contributed by atoms with Crippen molar-refractivity contribution in [1.82, 2.24) is 10.2 Å². The fourth-order valence-electron chi connectivity index (χ4n) is 2.80. The molecule has 0 amide bonds. The van der Waals surface area contributed by atoms with E-state index in [1.807, 2.05) is 0 Å². The zero-order chi connectivity index (χ0) is 12.8. The maximum absolute atomic E-state index is 3.70. The lowest BCUT2D eigenvalue weighted by Gasteiger charge is -2.40. The van der Waals surface area contributed by atoms with Gasteiger partial charge in [0.2, 0.25) is 0 Å². The lowest BCUT2D eigenvalue weighted by atomic mass is 10.0. The Labute approximate surface area is 111 Å². The molecule has 100 valence electrons. The summed E-state index contributed by atoms with van der Waals surface area (Å²) in [4.78, 5) is 2.68. The number of hydrogen-bond acceptors (Lipinski definition) is 2. The van der Waals surface area contributed by atoms with Crippen LogP contribution in [0.3, 0.4) is 0 Å². The number of nitrogens with one attached hydrogen (secondary N) is 1. The lowest BCUT2D eigenvalue weighted by Crippen LogP contribution is -2.52. The Hall–Kier alpha value is -0.860. The van der Waals surface area contributed by atoms with E-state index in [9.17, 15) is 0 Å². The summed E-state index contributed by atoms with van der Waals surface area (Å²) in [5.74, 6) is 0. The van der Waals surface area contributed by atoms with Crippen LogP contribution in [0, 0.1) is 0 Å². The van der Waals surface area contributed by atoms with E-state index >= 15 is 0 Å². The molecule has 0 radical (unpaired) electrons. The van der Waals surface area contributed by atoms with Crippen LogP contribution in [-0.2, 0) is 0 Å². The third kappa shape index (κ3) is 3.33. The van der Waals surface area contributed by atoms with Gasteiger partial charge in [-0.3, -0.25) is 4.90 Å². The fraction of sp³-hybridized carbons (Fsp3) is 0.625. The Morgan fingerprint density at radius 3 is 2.67 bits per heavy atom. The maximum Gasteiger partial charge on any atom is 0.0449 e. The van der Waals surface area contributed by atoms with E-state index in [2.05, 4.69) is 54.4 Å². The normalized spacial score (nSPS) is 25.2. The molecule has 1 saturated heterocycles. The topological polar surface area (TPSA) is 15.3 Å². The van der Waals surface area contributed by atoms with Gasteiger partial charge < -0.3 is 5.32 Å². The summed E-state index contributed by atoms with van der Waals surface area (Å²) in [7, 11) is 0. The van der Waals surface area contributed by atoms with Crippen LogP contribution >= 0.6 is 0 Å². The number of nitrogens with zero attached hydrogens (tertiary/aromatic N) is 1. The molecule has 1 aromatic carbocycles. The van der Waals surface area contributed by atoms with Crippen LogP contribution in [0.2, 0.25) is 0 Å². The third-order valence-electron chi connectivity index (χ3n) is 4.01. The molecule has 1 fully saturated rings. The highest BCUT2D eigenvalue weighted by atomic mass is 15.2. The van der Waals surface area contributed by atoms with Gasteiger partial charge in [0.15, 0.2) is 0 Å². The van der Waals surface area contributed by atoms with E-state index in [1.54, 1.807) is 0 Å². The Bertz CT molecular complexity index is 336. The zero-order valence-corrected chi connectivity index (χ0v) is 11.7. The van der Waals surface area contributed by atoms with Crippen LogP contribution in [0.15, 0.2) is 30.3 Å². The van der Waals surface area contributed by atoms with Crippen LogP contribution in [0.25, 0.3) is 0 Å². The highest BCUT2D eigenvalue weighted by Gasteiger charge is 2.26. The van der Waals surface area contributed by atoms with Gasteiger partial charge in [0.05, 0.1) is 0 Å². The molecule has 1 N–H and O–H groups in total. The predicted octanol–water partition coefficient (Wildman–Crippen LogP) is 3.21. The minimum Gasteiger partial charge on any atom is -0.307 e. The van der Waals surface area contributed by atoms with Gasteiger partial charge >= 0.3 is 0 Å². The quantitative estimate of drug-likeness (QED) is 0.858. The average molecular weight is 246 g/mol. The van der Waals surface area contributed by atoms with Gasteiger partial charge in [-0.2, -0.15) is 0 Å². The van der Waals surface area contributed by atoms with E-state index in [0.29, 0.717) is 6.04 Å². The first-order valence-electron chi connectivity index (χ1n) is 7.37. The van der Waals surface area contributed by atoms with Crippen molar-refractivity contribution in [2.45, 2.75) is 45.2 Å². The summed E-state index contributed by atoms with van der Waals surface area (Å²) in [5, 5.41) is 3.70. The second-order valence-electron chi connectivity index (χ2n) is 5.28. The van der Waals surface area contributed by atoms with Crippen LogP contribution in [0.4, 0.5) is 0 Å². The van der Waals surface area contributed by atoms with E-state index in [0.717, 1.165) is 19.1 Å². The minimum atomic E-state index is 0.505. The van der Waals surface area contributed by atoms with Crippen LogP contribution in [-0.4, -0.2) is 30.6 Å². The van der Waals surface area contributed by atoms with E-state index in [-0.39, 0.29) is 0 Å². The van der Waals surface area contributed by atoms with Gasteiger partial charge in [0.25, 0.3) is 0 Å². The Balaban J connectivity index is 2.00. The van der Waals surface area contributed by atoms with E-state index in [1.165, 1.54) is 31.4 Å². The van der Waals surface area contributed by atoms with Crippen molar-refractivity contribution in [2.24, 2.45) is 0 Å². The fourth-order valence-corrected chi connectivity index (χ4v) is 2.80. The summed E-state index contributed by atoms with van der Waals surface area (Å²) in [5.41, 5.74) is 1.42. The first-order valence-corrected chi connectivity index (χ1v) is 7.37. The second-order valence-corrected chi connectivity index (χ2v) is 5.28. The molecule has 0 spiro atoms. The molecule has 1 aromatic rings. The summed E-state index contributed by atoms with van der Waals surface area (Å²) in [6, 6.07) is 12.1. The van der Waals surface area contributed by atoms with Gasteiger partial charge in [-0.1, -0.05) is 50.6 Å². The summed E-state index contributed by atoms with van der Waals surface area (Å²) in [6.07, 6.45) is 3.85. The number of piperazine rings is 1. The smallest absolute Gasteiger partial charge is 0.0449 e. The van der Waals surface area contributed by atoms with Gasteiger partial charge in [-0.05, 0) is 24.9 Å². The van der Waals surface area contributed by atoms with Gasteiger partial charge in [-0.25, -0.2) is 0 Å². The molecule has 0 aliphatic carbocycles. The highest BCUT2D eigenvalue weighted by molar-refractivity contribution is 5.20. The summed E-state index contributed by atoms with van der Waals surface area (Å²) < 4.78 is 0. The standard InChI is InChI=1S/C16H26N2/c1-3-5-11-18-13-16(17-12-15(18)4-2)14-9-7-6-8-10-14/h6-10,15-17H,3-5,11-13H2,1-2H3. The SMILES string of the molecule is CCCCN1CC(c2ccccc2)NCC1CC. The molecular formula is C16H26N2. The van der Waals surface area contributed by atoms with Crippen molar-refractivity contribution < 1.29 is 0 Å². The molecule has 1 aliphatic heterocycles. The zero-order valence-electron chi connectivity index (χ0n) is 11.7. The number of benzene rings is 1. The molecule has 2 heteroatoms. The van der Waals surface area contributed by atoms with Crippen LogP contribution in [0.5, 0.6) is 0 Å². The van der Waals surface area contributed by atoms with Gasteiger partial charge in [0, 0.05) is 25.2 Å². The molecule has 2 unspecified atom stereocenters. The number of unbranched alkanes of at least 4 members (excludes halogenated alkanes) is 1. The van der Waals surface area contributed by atoms with E-state index < -0.39 is 0 Å². The Morgan fingerprint density at radius 2 is 2.00 bits per heavy atom. The maximum atomic E-state index is 3.70. The van der Waals surface area contributed by atoms with Crippen molar-refractivity contribution in [3.8, 4) is 0 Å². The van der Waals surface area contributed by atoms with Crippen molar-refractivity contribution in [3.05, 3.63) is 35.9 Å². The predicted molar refractivity (Wildman–Crippen MR) is 77.7 cm³/mol. The highest BCUT2D eigenvalue weighted by Crippen LogP contribution is 2.21. The van der Waals surface area contributed by atoms with E-state index in [4.69, 9.17) is 0 Å². The minimum absolute atomic E-state index is 0.505. The molecule has 18 heavy (non-hydrogen) atoms. The largest absolute Gasteiger partial charge is 0.307 e. The first-order chi connectivity index (χ1) is 8.85. The molecule has 2 nitrogen and oxygen atoms in total. The van der Waals surface area contributed by atoms with Crippen molar-refractivity contribution in [3.63, 3.8) is 0 Å². The van der Waals surface area contributed by atoms with Gasteiger partial charge in [0.1, 0.15) is 0 Å². The van der Waals surface area contributed by atoms with Crippen molar-refractivity contribution >= 4 is 0 Å². The Morgan fingerprint density at radius 1 is 1.22 bits per heavy atom. The molecule has 0 saturated carbocycles. The molecule has 1 aliphatic rings. The molecule has 0 bridgehead atoms. The first kappa shape index (κ1) is 13.6.